The van der Waals surface area contributed by atoms with Crippen molar-refractivity contribution in [2.45, 2.75) is 45.7 Å². The van der Waals surface area contributed by atoms with E-state index in [9.17, 15) is 4.79 Å². The van der Waals surface area contributed by atoms with Gasteiger partial charge in [-0.25, -0.2) is 9.67 Å². The van der Waals surface area contributed by atoms with E-state index in [2.05, 4.69) is 27.1 Å². The summed E-state index contributed by atoms with van der Waals surface area (Å²) in [5.74, 6) is 1.97. The van der Waals surface area contributed by atoms with Crippen LogP contribution in [-0.4, -0.2) is 51.2 Å². The Morgan fingerprint density at radius 3 is 2.88 bits per heavy atom. The average Bonchev–Trinajstić information content (AvgIpc) is 3.28. The molecule has 2 aromatic rings. The predicted molar refractivity (Wildman–Crippen MR) is 96.6 cm³/mol. The molecule has 0 spiro atoms. The second-order valence-electron chi connectivity index (χ2n) is 7.08. The first-order chi connectivity index (χ1) is 12.1. The van der Waals surface area contributed by atoms with Gasteiger partial charge in [-0.05, 0) is 51.3 Å². The van der Waals surface area contributed by atoms with Crippen LogP contribution < -0.4 is 4.90 Å². The number of fused-ring (bicyclic) bond motifs is 1. The van der Waals surface area contributed by atoms with E-state index in [0.29, 0.717) is 12.6 Å². The first-order valence-corrected chi connectivity index (χ1v) is 9.12. The van der Waals surface area contributed by atoms with Crippen LogP contribution in [0.25, 0.3) is 0 Å². The topological polar surface area (TPSA) is 54.3 Å². The van der Waals surface area contributed by atoms with Crippen molar-refractivity contribution < 1.29 is 4.79 Å². The Morgan fingerprint density at radius 1 is 1.24 bits per heavy atom. The van der Waals surface area contributed by atoms with Gasteiger partial charge in [0, 0.05) is 18.3 Å². The SMILES string of the molecule is Cc1nc(C)n(C[C@H]2CCCN2CC(=O)N2CCc3ccccc32)n1. The van der Waals surface area contributed by atoms with Gasteiger partial charge in [0.25, 0.3) is 0 Å². The Morgan fingerprint density at radius 2 is 2.08 bits per heavy atom. The molecule has 1 atom stereocenters. The number of carbonyl (C=O) groups is 1. The monoisotopic (exact) mass is 339 g/mol. The summed E-state index contributed by atoms with van der Waals surface area (Å²) < 4.78 is 1.98. The lowest BCUT2D eigenvalue weighted by atomic mass is 10.2. The van der Waals surface area contributed by atoms with Crippen molar-refractivity contribution in [3.63, 3.8) is 0 Å². The normalized spacial score (nSPS) is 20.2. The molecule has 25 heavy (non-hydrogen) atoms. The van der Waals surface area contributed by atoms with Gasteiger partial charge in [-0.2, -0.15) is 5.10 Å². The summed E-state index contributed by atoms with van der Waals surface area (Å²) in [7, 11) is 0. The van der Waals surface area contributed by atoms with Crippen LogP contribution in [0.15, 0.2) is 24.3 Å². The zero-order valence-electron chi connectivity index (χ0n) is 15.0. The summed E-state index contributed by atoms with van der Waals surface area (Å²) in [6.07, 6.45) is 3.21. The first-order valence-electron chi connectivity index (χ1n) is 9.12. The maximum absolute atomic E-state index is 12.9. The molecule has 1 amide bonds. The van der Waals surface area contributed by atoms with E-state index >= 15 is 0 Å². The molecule has 3 heterocycles. The molecule has 1 fully saturated rings. The Bertz CT molecular complexity index is 784. The first kappa shape index (κ1) is 16.3. The summed E-state index contributed by atoms with van der Waals surface area (Å²) in [5, 5.41) is 4.48. The zero-order valence-corrected chi connectivity index (χ0v) is 15.0. The fraction of sp³-hybridized carbons (Fsp3) is 0.526. The molecular formula is C19H25N5O. The maximum Gasteiger partial charge on any atom is 0.241 e. The van der Waals surface area contributed by atoms with Crippen LogP contribution in [0.3, 0.4) is 0 Å². The second kappa shape index (κ2) is 6.59. The molecule has 0 radical (unpaired) electrons. The molecule has 132 valence electrons. The molecule has 0 saturated carbocycles. The van der Waals surface area contributed by atoms with Gasteiger partial charge in [0.1, 0.15) is 11.6 Å². The molecule has 0 unspecified atom stereocenters. The fourth-order valence-electron chi connectivity index (χ4n) is 4.10. The van der Waals surface area contributed by atoms with E-state index in [0.717, 1.165) is 56.2 Å². The molecule has 0 bridgehead atoms. The summed E-state index contributed by atoms with van der Waals surface area (Å²) in [6.45, 7) is 7.01. The molecule has 4 rings (SSSR count). The third-order valence-corrected chi connectivity index (χ3v) is 5.37. The summed E-state index contributed by atoms with van der Waals surface area (Å²) in [5.41, 5.74) is 2.37. The molecule has 6 nitrogen and oxygen atoms in total. The Labute approximate surface area is 148 Å². The van der Waals surface area contributed by atoms with E-state index in [1.165, 1.54) is 5.56 Å². The third-order valence-electron chi connectivity index (χ3n) is 5.37. The summed E-state index contributed by atoms with van der Waals surface area (Å²) >= 11 is 0. The highest BCUT2D eigenvalue weighted by Crippen LogP contribution is 2.28. The lowest BCUT2D eigenvalue weighted by molar-refractivity contribution is -0.119. The van der Waals surface area contributed by atoms with Crippen LogP contribution >= 0.6 is 0 Å². The van der Waals surface area contributed by atoms with Gasteiger partial charge in [0.15, 0.2) is 0 Å². The molecule has 0 N–H and O–H groups in total. The van der Waals surface area contributed by atoms with Gasteiger partial charge in [0.05, 0.1) is 13.1 Å². The number of carbonyl (C=O) groups excluding carboxylic acids is 1. The van der Waals surface area contributed by atoms with E-state index in [4.69, 9.17) is 0 Å². The highest BCUT2D eigenvalue weighted by Gasteiger charge is 2.31. The van der Waals surface area contributed by atoms with Crippen LogP contribution in [0.2, 0.25) is 0 Å². The maximum atomic E-state index is 12.9. The van der Waals surface area contributed by atoms with Crippen molar-refractivity contribution in [2.75, 3.05) is 24.5 Å². The average molecular weight is 339 g/mol. The number of amides is 1. The number of para-hydroxylation sites is 1. The summed E-state index contributed by atoms with van der Waals surface area (Å²) in [4.78, 5) is 21.5. The second-order valence-corrected chi connectivity index (χ2v) is 7.08. The van der Waals surface area contributed by atoms with Crippen molar-refractivity contribution in [3.8, 4) is 0 Å². The highest BCUT2D eigenvalue weighted by atomic mass is 16.2. The number of aromatic nitrogens is 3. The lowest BCUT2D eigenvalue weighted by Gasteiger charge is -2.26. The van der Waals surface area contributed by atoms with Gasteiger partial charge in [-0.15, -0.1) is 0 Å². The molecule has 6 heteroatoms. The quantitative estimate of drug-likeness (QED) is 0.854. The standard InChI is InChI=1S/C19H25N5O/c1-14-20-15(2)24(21-14)12-17-7-5-10-22(17)13-19(25)23-11-9-16-6-3-4-8-18(16)23/h3-4,6,8,17H,5,7,9-13H2,1-2H3/t17-/m1/s1. The molecular weight excluding hydrogens is 314 g/mol. The predicted octanol–water partition coefficient (Wildman–Crippen LogP) is 1.95. The minimum absolute atomic E-state index is 0.211. The molecule has 1 aromatic carbocycles. The van der Waals surface area contributed by atoms with E-state index in [1.807, 2.05) is 35.6 Å². The van der Waals surface area contributed by atoms with Gasteiger partial charge in [-0.1, -0.05) is 18.2 Å². The molecule has 2 aliphatic heterocycles. The van der Waals surface area contributed by atoms with Crippen molar-refractivity contribution in [1.29, 1.82) is 0 Å². The van der Waals surface area contributed by atoms with E-state index in [-0.39, 0.29) is 5.91 Å². The van der Waals surface area contributed by atoms with Crippen LogP contribution in [0.1, 0.15) is 30.1 Å². The van der Waals surface area contributed by atoms with Gasteiger partial charge < -0.3 is 4.90 Å². The smallest absolute Gasteiger partial charge is 0.241 e. The fourth-order valence-corrected chi connectivity index (χ4v) is 4.10. The number of anilines is 1. The Hall–Kier alpha value is -2.21. The number of nitrogens with zero attached hydrogens (tertiary/aromatic N) is 5. The van der Waals surface area contributed by atoms with Crippen molar-refractivity contribution in [1.82, 2.24) is 19.7 Å². The van der Waals surface area contributed by atoms with Gasteiger partial charge in [-0.3, -0.25) is 9.69 Å². The minimum Gasteiger partial charge on any atom is -0.311 e. The number of rotatable bonds is 4. The van der Waals surface area contributed by atoms with Crippen LogP contribution in [0, 0.1) is 13.8 Å². The van der Waals surface area contributed by atoms with Crippen molar-refractivity contribution in [3.05, 3.63) is 41.5 Å². The molecule has 0 aliphatic carbocycles. The molecule has 1 aromatic heterocycles. The number of hydrogen-bond acceptors (Lipinski definition) is 4. The van der Waals surface area contributed by atoms with Crippen LogP contribution in [0.4, 0.5) is 5.69 Å². The number of hydrogen-bond donors (Lipinski definition) is 0. The molecule has 1 saturated heterocycles. The van der Waals surface area contributed by atoms with Gasteiger partial charge >= 0.3 is 0 Å². The Balaban J connectivity index is 1.43. The third kappa shape index (κ3) is 3.18. The van der Waals surface area contributed by atoms with E-state index < -0.39 is 0 Å². The number of benzene rings is 1. The number of aryl methyl sites for hydroxylation is 2. The lowest BCUT2D eigenvalue weighted by Crippen LogP contribution is -2.43. The highest BCUT2D eigenvalue weighted by molar-refractivity contribution is 5.96. The zero-order chi connectivity index (χ0) is 17.4. The largest absolute Gasteiger partial charge is 0.311 e. The minimum atomic E-state index is 0.211. The Kier molecular flexibility index (Phi) is 4.29. The summed E-state index contributed by atoms with van der Waals surface area (Å²) in [6, 6.07) is 8.60. The van der Waals surface area contributed by atoms with Crippen molar-refractivity contribution in [2.24, 2.45) is 0 Å². The van der Waals surface area contributed by atoms with Crippen LogP contribution in [-0.2, 0) is 17.8 Å². The molecule has 2 aliphatic rings. The van der Waals surface area contributed by atoms with Gasteiger partial charge in [0.2, 0.25) is 5.91 Å². The van der Waals surface area contributed by atoms with Crippen molar-refractivity contribution >= 4 is 11.6 Å². The van der Waals surface area contributed by atoms with E-state index in [1.54, 1.807) is 0 Å². The number of likely N-dealkylation sites (tertiary alicyclic amines) is 1. The van der Waals surface area contributed by atoms with Crippen LogP contribution in [0.5, 0.6) is 0 Å².